The van der Waals surface area contributed by atoms with E-state index in [0.717, 1.165) is 32.5 Å². The molecule has 1 aromatic rings. The summed E-state index contributed by atoms with van der Waals surface area (Å²) < 4.78 is 18.3. The Kier molecular flexibility index (Phi) is 5.52. The zero-order valence-corrected chi connectivity index (χ0v) is 12.3. The first kappa shape index (κ1) is 15.7. The lowest BCUT2D eigenvalue weighted by Gasteiger charge is -2.30. The number of rotatable bonds is 5. The SMILES string of the molecule is COC1CCN(CCC(=O)Nc2ccc(F)c(N)c2)CC1. The van der Waals surface area contributed by atoms with Crippen LogP contribution in [0.15, 0.2) is 18.2 Å². The number of nitrogens with one attached hydrogen (secondary N) is 1. The topological polar surface area (TPSA) is 67.6 Å². The van der Waals surface area contributed by atoms with Crippen molar-refractivity contribution in [2.45, 2.75) is 25.4 Å². The molecule has 5 nitrogen and oxygen atoms in total. The number of likely N-dealkylation sites (tertiary alicyclic amines) is 1. The third-order valence-corrected chi connectivity index (χ3v) is 3.80. The number of methoxy groups -OCH3 is 1. The number of nitrogen functional groups attached to an aromatic ring is 1. The fourth-order valence-electron chi connectivity index (χ4n) is 2.47. The van der Waals surface area contributed by atoms with Crippen LogP contribution in [0.1, 0.15) is 19.3 Å². The molecule has 0 aromatic heterocycles. The first-order valence-corrected chi connectivity index (χ1v) is 7.18. The molecule has 1 aliphatic heterocycles. The number of hydrogen-bond donors (Lipinski definition) is 2. The molecule has 1 aliphatic rings. The first-order chi connectivity index (χ1) is 10.1. The molecule has 0 bridgehead atoms. The summed E-state index contributed by atoms with van der Waals surface area (Å²) in [5, 5.41) is 2.73. The Bertz CT molecular complexity index is 488. The molecule has 1 aromatic carbocycles. The van der Waals surface area contributed by atoms with E-state index in [1.165, 1.54) is 18.2 Å². The van der Waals surface area contributed by atoms with Crippen LogP contribution in [0.25, 0.3) is 0 Å². The van der Waals surface area contributed by atoms with E-state index in [0.29, 0.717) is 18.2 Å². The maximum Gasteiger partial charge on any atom is 0.225 e. The molecule has 2 rings (SSSR count). The number of nitrogens with zero attached hydrogens (tertiary/aromatic N) is 1. The number of carbonyl (C=O) groups excluding carboxylic acids is 1. The average molecular weight is 295 g/mol. The molecule has 1 amide bonds. The number of amides is 1. The molecule has 116 valence electrons. The van der Waals surface area contributed by atoms with Gasteiger partial charge in [0.15, 0.2) is 0 Å². The number of nitrogens with two attached hydrogens (primary N) is 1. The predicted octanol–water partition coefficient (Wildman–Crippen LogP) is 1.85. The normalized spacial score (nSPS) is 16.9. The van der Waals surface area contributed by atoms with Gasteiger partial charge in [0.1, 0.15) is 5.82 Å². The van der Waals surface area contributed by atoms with Gasteiger partial charge in [-0.1, -0.05) is 0 Å². The Morgan fingerprint density at radius 3 is 2.81 bits per heavy atom. The molecular formula is C15H22FN3O2. The molecule has 21 heavy (non-hydrogen) atoms. The molecule has 0 saturated carbocycles. The lowest BCUT2D eigenvalue weighted by atomic mass is 10.1. The zero-order chi connectivity index (χ0) is 15.2. The van der Waals surface area contributed by atoms with Gasteiger partial charge < -0.3 is 20.7 Å². The highest BCUT2D eigenvalue weighted by molar-refractivity contribution is 5.91. The highest BCUT2D eigenvalue weighted by Gasteiger charge is 2.18. The third-order valence-electron chi connectivity index (χ3n) is 3.80. The van der Waals surface area contributed by atoms with Crippen molar-refractivity contribution in [1.82, 2.24) is 4.90 Å². The monoisotopic (exact) mass is 295 g/mol. The average Bonchev–Trinajstić information content (AvgIpc) is 2.49. The summed E-state index contributed by atoms with van der Waals surface area (Å²) in [5.74, 6) is -0.566. The number of benzene rings is 1. The molecule has 6 heteroatoms. The Labute approximate surface area is 124 Å². The molecular weight excluding hydrogens is 273 g/mol. The van der Waals surface area contributed by atoms with Crippen LogP contribution in [0.2, 0.25) is 0 Å². The van der Waals surface area contributed by atoms with Gasteiger partial charge in [0.05, 0.1) is 11.8 Å². The van der Waals surface area contributed by atoms with Crippen LogP contribution in [0, 0.1) is 5.82 Å². The Hall–Kier alpha value is -1.66. The van der Waals surface area contributed by atoms with Crippen LogP contribution in [0.3, 0.4) is 0 Å². The molecule has 0 spiro atoms. The molecule has 1 saturated heterocycles. The van der Waals surface area contributed by atoms with Crippen LogP contribution < -0.4 is 11.1 Å². The molecule has 0 unspecified atom stereocenters. The number of piperidine rings is 1. The number of halogens is 1. The van der Waals surface area contributed by atoms with Gasteiger partial charge in [-0.3, -0.25) is 4.79 Å². The van der Waals surface area contributed by atoms with Crippen LogP contribution in [-0.2, 0) is 9.53 Å². The van der Waals surface area contributed by atoms with Gasteiger partial charge in [0.25, 0.3) is 0 Å². The second kappa shape index (κ2) is 7.38. The third kappa shape index (κ3) is 4.68. The summed E-state index contributed by atoms with van der Waals surface area (Å²) in [6.45, 7) is 2.63. The quantitative estimate of drug-likeness (QED) is 0.814. The highest BCUT2D eigenvalue weighted by atomic mass is 19.1. The molecule has 0 atom stereocenters. The standard InChI is InChI=1S/C15H22FN3O2/c1-21-12-4-7-19(8-5-12)9-6-15(20)18-11-2-3-13(16)14(17)10-11/h2-3,10,12H,4-9,17H2,1H3,(H,18,20). The second-order valence-corrected chi connectivity index (χ2v) is 5.31. The Balaban J connectivity index is 1.73. The minimum Gasteiger partial charge on any atom is -0.396 e. The summed E-state index contributed by atoms with van der Waals surface area (Å²) in [5.41, 5.74) is 6.03. The largest absolute Gasteiger partial charge is 0.396 e. The smallest absolute Gasteiger partial charge is 0.225 e. The van der Waals surface area contributed by atoms with Crippen molar-refractivity contribution >= 4 is 17.3 Å². The summed E-state index contributed by atoms with van der Waals surface area (Å²) in [6, 6.07) is 4.19. The summed E-state index contributed by atoms with van der Waals surface area (Å²) >= 11 is 0. The van der Waals surface area contributed by atoms with Gasteiger partial charge >= 0.3 is 0 Å². The van der Waals surface area contributed by atoms with E-state index in [1.54, 1.807) is 7.11 Å². The number of hydrogen-bond acceptors (Lipinski definition) is 4. The highest BCUT2D eigenvalue weighted by Crippen LogP contribution is 2.17. The molecule has 1 heterocycles. The fourth-order valence-corrected chi connectivity index (χ4v) is 2.47. The van der Waals surface area contributed by atoms with Crippen molar-refractivity contribution < 1.29 is 13.9 Å². The van der Waals surface area contributed by atoms with E-state index in [1.807, 2.05) is 0 Å². The maximum absolute atomic E-state index is 13.0. The summed E-state index contributed by atoms with van der Waals surface area (Å²) in [4.78, 5) is 14.1. The molecule has 1 fully saturated rings. The number of anilines is 2. The minimum atomic E-state index is -0.478. The van der Waals surface area contributed by atoms with Crippen LogP contribution >= 0.6 is 0 Å². The van der Waals surface area contributed by atoms with Gasteiger partial charge in [-0.15, -0.1) is 0 Å². The van der Waals surface area contributed by atoms with Gasteiger partial charge in [-0.2, -0.15) is 0 Å². The van der Waals surface area contributed by atoms with E-state index in [-0.39, 0.29) is 11.6 Å². The van der Waals surface area contributed by atoms with Crippen LogP contribution in [0.5, 0.6) is 0 Å². The van der Waals surface area contributed by atoms with Gasteiger partial charge in [-0.05, 0) is 31.0 Å². The van der Waals surface area contributed by atoms with Crippen LogP contribution in [0.4, 0.5) is 15.8 Å². The minimum absolute atomic E-state index is 0.0365. The van der Waals surface area contributed by atoms with Crippen molar-refractivity contribution in [3.05, 3.63) is 24.0 Å². The lowest BCUT2D eigenvalue weighted by molar-refractivity contribution is -0.116. The number of carbonyl (C=O) groups is 1. The Morgan fingerprint density at radius 2 is 2.19 bits per heavy atom. The fraction of sp³-hybridized carbons (Fsp3) is 0.533. The summed E-state index contributed by atoms with van der Waals surface area (Å²) in [6.07, 6.45) is 2.77. The van der Waals surface area contributed by atoms with Gasteiger partial charge in [0, 0.05) is 38.9 Å². The Morgan fingerprint density at radius 1 is 1.48 bits per heavy atom. The van der Waals surface area contributed by atoms with Crippen molar-refractivity contribution in [3.63, 3.8) is 0 Å². The van der Waals surface area contributed by atoms with E-state index in [4.69, 9.17) is 10.5 Å². The van der Waals surface area contributed by atoms with E-state index >= 15 is 0 Å². The van der Waals surface area contributed by atoms with E-state index in [9.17, 15) is 9.18 Å². The van der Waals surface area contributed by atoms with E-state index < -0.39 is 5.82 Å². The van der Waals surface area contributed by atoms with Crippen molar-refractivity contribution in [2.75, 3.05) is 37.8 Å². The number of ether oxygens (including phenoxy) is 1. The van der Waals surface area contributed by atoms with Crippen molar-refractivity contribution in [1.29, 1.82) is 0 Å². The molecule has 3 N–H and O–H groups in total. The van der Waals surface area contributed by atoms with Gasteiger partial charge in [0.2, 0.25) is 5.91 Å². The second-order valence-electron chi connectivity index (χ2n) is 5.31. The van der Waals surface area contributed by atoms with Crippen LogP contribution in [-0.4, -0.2) is 43.7 Å². The van der Waals surface area contributed by atoms with Crippen molar-refractivity contribution in [2.24, 2.45) is 0 Å². The molecule has 0 radical (unpaired) electrons. The van der Waals surface area contributed by atoms with E-state index in [2.05, 4.69) is 10.2 Å². The molecule has 0 aliphatic carbocycles. The first-order valence-electron chi connectivity index (χ1n) is 7.18. The van der Waals surface area contributed by atoms with Crippen molar-refractivity contribution in [3.8, 4) is 0 Å². The van der Waals surface area contributed by atoms with Gasteiger partial charge in [-0.25, -0.2) is 4.39 Å². The zero-order valence-electron chi connectivity index (χ0n) is 12.3. The predicted molar refractivity (Wildman–Crippen MR) is 80.5 cm³/mol. The summed E-state index contributed by atoms with van der Waals surface area (Å²) in [7, 11) is 1.74. The lowest BCUT2D eigenvalue weighted by Crippen LogP contribution is -2.38. The maximum atomic E-state index is 13.0.